The summed E-state index contributed by atoms with van der Waals surface area (Å²) in [5, 5.41) is 3.10. The monoisotopic (exact) mass is 212 g/mol. The molecule has 1 amide bonds. The van der Waals surface area contributed by atoms with Crippen molar-refractivity contribution in [1.29, 1.82) is 0 Å². The third-order valence-corrected chi connectivity index (χ3v) is 3.01. The van der Waals surface area contributed by atoms with Crippen LogP contribution in [0.15, 0.2) is 0 Å². The molecule has 1 aliphatic rings. The Hall–Kier alpha value is -0.570. The van der Waals surface area contributed by atoms with Gasteiger partial charge < -0.3 is 5.32 Å². The molecule has 1 N–H and O–H groups in total. The molecule has 0 aromatic heterocycles. The molecule has 0 aromatic rings. The van der Waals surface area contributed by atoms with E-state index in [1.165, 1.54) is 0 Å². The Bertz CT molecular complexity index is 230. The molecular formula is C12H24N2O. The summed E-state index contributed by atoms with van der Waals surface area (Å²) >= 11 is 0. The molecule has 3 nitrogen and oxygen atoms in total. The number of nitrogens with zero attached hydrogens (tertiary/aromatic N) is 1. The van der Waals surface area contributed by atoms with Crippen LogP contribution in [0.4, 0.5) is 0 Å². The second-order valence-electron chi connectivity index (χ2n) is 5.77. The van der Waals surface area contributed by atoms with Gasteiger partial charge in [0.15, 0.2) is 0 Å². The van der Waals surface area contributed by atoms with Gasteiger partial charge in [0.05, 0.1) is 0 Å². The number of hydrogen-bond acceptors (Lipinski definition) is 2. The Kier molecular flexibility index (Phi) is 3.77. The summed E-state index contributed by atoms with van der Waals surface area (Å²) in [7, 11) is 0. The van der Waals surface area contributed by atoms with Crippen LogP contribution in [0.5, 0.6) is 0 Å². The molecule has 0 aromatic carbocycles. The normalized spacial score (nSPS) is 23.5. The lowest BCUT2D eigenvalue weighted by Crippen LogP contribution is -2.44. The average molecular weight is 212 g/mol. The topological polar surface area (TPSA) is 32.3 Å². The molecule has 0 aliphatic carbocycles. The Morgan fingerprint density at radius 1 is 1.40 bits per heavy atom. The SMILES string of the molecule is CC(C)C(=O)N[C@@H]1CCN(C(C)(C)C)C1. The minimum Gasteiger partial charge on any atom is -0.352 e. The van der Waals surface area contributed by atoms with E-state index in [2.05, 4.69) is 31.0 Å². The summed E-state index contributed by atoms with van der Waals surface area (Å²) in [5.74, 6) is 0.268. The Morgan fingerprint density at radius 2 is 2.00 bits per heavy atom. The van der Waals surface area contributed by atoms with Gasteiger partial charge in [-0.3, -0.25) is 9.69 Å². The third kappa shape index (κ3) is 3.49. The van der Waals surface area contributed by atoms with Crippen LogP contribution in [0.3, 0.4) is 0 Å². The smallest absolute Gasteiger partial charge is 0.222 e. The number of likely N-dealkylation sites (tertiary alicyclic amines) is 1. The second kappa shape index (κ2) is 4.52. The fourth-order valence-electron chi connectivity index (χ4n) is 1.86. The maximum atomic E-state index is 11.5. The third-order valence-electron chi connectivity index (χ3n) is 3.01. The average Bonchev–Trinajstić information content (AvgIpc) is 2.51. The lowest BCUT2D eigenvalue weighted by molar-refractivity contribution is -0.124. The maximum Gasteiger partial charge on any atom is 0.222 e. The first-order valence-electron chi connectivity index (χ1n) is 5.86. The minimum absolute atomic E-state index is 0.0914. The molecule has 1 aliphatic heterocycles. The minimum atomic E-state index is 0.0914. The number of carbonyl (C=O) groups is 1. The molecule has 88 valence electrons. The van der Waals surface area contributed by atoms with Crippen molar-refractivity contribution in [3.05, 3.63) is 0 Å². The van der Waals surface area contributed by atoms with E-state index in [4.69, 9.17) is 0 Å². The molecule has 1 rings (SSSR count). The summed E-state index contributed by atoms with van der Waals surface area (Å²) in [6.07, 6.45) is 1.08. The van der Waals surface area contributed by atoms with Crippen LogP contribution in [0, 0.1) is 5.92 Å². The predicted molar refractivity (Wildman–Crippen MR) is 62.7 cm³/mol. The lowest BCUT2D eigenvalue weighted by atomic mass is 10.1. The molecule has 0 bridgehead atoms. The fraction of sp³-hybridized carbons (Fsp3) is 0.917. The van der Waals surface area contributed by atoms with Crippen molar-refractivity contribution in [2.24, 2.45) is 5.92 Å². The van der Waals surface area contributed by atoms with E-state index < -0.39 is 0 Å². The van der Waals surface area contributed by atoms with Crippen LogP contribution in [0.25, 0.3) is 0 Å². The van der Waals surface area contributed by atoms with E-state index in [9.17, 15) is 4.79 Å². The van der Waals surface area contributed by atoms with Gasteiger partial charge in [0.25, 0.3) is 0 Å². The zero-order valence-electron chi connectivity index (χ0n) is 10.6. The van der Waals surface area contributed by atoms with Gasteiger partial charge in [0.1, 0.15) is 0 Å². The number of carbonyl (C=O) groups excluding carboxylic acids is 1. The molecular weight excluding hydrogens is 188 g/mol. The van der Waals surface area contributed by atoms with Crippen LogP contribution in [-0.2, 0) is 4.79 Å². The predicted octanol–water partition coefficient (Wildman–Crippen LogP) is 1.63. The van der Waals surface area contributed by atoms with Crippen molar-refractivity contribution < 1.29 is 4.79 Å². The molecule has 0 saturated carbocycles. The number of nitrogens with one attached hydrogen (secondary N) is 1. The van der Waals surface area contributed by atoms with Gasteiger partial charge in [-0.15, -0.1) is 0 Å². The molecule has 0 radical (unpaired) electrons. The van der Waals surface area contributed by atoms with Gasteiger partial charge in [-0.2, -0.15) is 0 Å². The quantitative estimate of drug-likeness (QED) is 0.754. The number of amides is 1. The molecule has 3 heteroatoms. The van der Waals surface area contributed by atoms with Crippen molar-refractivity contribution in [3.8, 4) is 0 Å². The van der Waals surface area contributed by atoms with Gasteiger partial charge in [-0.25, -0.2) is 0 Å². The van der Waals surface area contributed by atoms with Gasteiger partial charge in [-0.1, -0.05) is 13.8 Å². The fourth-order valence-corrected chi connectivity index (χ4v) is 1.86. The van der Waals surface area contributed by atoms with E-state index in [-0.39, 0.29) is 17.4 Å². The summed E-state index contributed by atoms with van der Waals surface area (Å²) in [6.45, 7) is 12.6. The Labute approximate surface area is 93.2 Å². The van der Waals surface area contributed by atoms with Crippen molar-refractivity contribution in [2.75, 3.05) is 13.1 Å². The highest BCUT2D eigenvalue weighted by Gasteiger charge is 2.30. The first kappa shape index (κ1) is 12.5. The molecule has 0 spiro atoms. The summed E-state index contributed by atoms with van der Waals surface area (Å²) in [4.78, 5) is 14.0. The first-order valence-corrected chi connectivity index (χ1v) is 5.86. The van der Waals surface area contributed by atoms with Crippen LogP contribution in [-0.4, -0.2) is 35.5 Å². The van der Waals surface area contributed by atoms with Crippen LogP contribution in [0.1, 0.15) is 41.0 Å². The lowest BCUT2D eigenvalue weighted by Gasteiger charge is -2.31. The van der Waals surface area contributed by atoms with Crippen molar-refractivity contribution in [1.82, 2.24) is 10.2 Å². The standard InChI is InChI=1S/C12H24N2O/c1-9(2)11(15)13-10-6-7-14(8-10)12(3,4)5/h9-10H,6-8H2,1-5H3,(H,13,15)/t10-/m1/s1. The molecule has 1 atom stereocenters. The molecule has 1 saturated heterocycles. The number of rotatable bonds is 2. The highest BCUT2D eigenvalue weighted by atomic mass is 16.1. The maximum absolute atomic E-state index is 11.5. The van der Waals surface area contributed by atoms with Crippen molar-refractivity contribution in [2.45, 2.75) is 52.6 Å². The Balaban J connectivity index is 2.41. The largest absolute Gasteiger partial charge is 0.352 e. The summed E-state index contributed by atoms with van der Waals surface area (Å²) in [5.41, 5.74) is 0.220. The van der Waals surface area contributed by atoms with Crippen LogP contribution >= 0.6 is 0 Å². The molecule has 15 heavy (non-hydrogen) atoms. The summed E-state index contributed by atoms with van der Waals surface area (Å²) in [6, 6.07) is 0.346. The second-order valence-corrected chi connectivity index (χ2v) is 5.77. The van der Waals surface area contributed by atoms with Crippen molar-refractivity contribution >= 4 is 5.91 Å². The highest BCUT2D eigenvalue weighted by Crippen LogP contribution is 2.20. The zero-order valence-corrected chi connectivity index (χ0v) is 10.6. The first-order chi connectivity index (χ1) is 6.80. The van der Waals surface area contributed by atoms with E-state index >= 15 is 0 Å². The highest BCUT2D eigenvalue weighted by molar-refractivity contribution is 5.78. The number of hydrogen-bond donors (Lipinski definition) is 1. The summed E-state index contributed by atoms with van der Waals surface area (Å²) < 4.78 is 0. The molecule has 0 unspecified atom stereocenters. The van der Waals surface area contributed by atoms with E-state index in [1.807, 2.05) is 13.8 Å². The van der Waals surface area contributed by atoms with Gasteiger partial charge in [0, 0.05) is 30.6 Å². The van der Waals surface area contributed by atoms with Crippen LogP contribution < -0.4 is 5.32 Å². The van der Waals surface area contributed by atoms with Gasteiger partial charge >= 0.3 is 0 Å². The van der Waals surface area contributed by atoms with E-state index in [0.29, 0.717) is 6.04 Å². The van der Waals surface area contributed by atoms with Gasteiger partial charge in [-0.05, 0) is 27.2 Å². The zero-order chi connectivity index (χ0) is 11.6. The Morgan fingerprint density at radius 3 is 2.40 bits per heavy atom. The van der Waals surface area contributed by atoms with Gasteiger partial charge in [0.2, 0.25) is 5.91 Å². The van der Waals surface area contributed by atoms with Crippen molar-refractivity contribution in [3.63, 3.8) is 0 Å². The van der Waals surface area contributed by atoms with E-state index in [1.54, 1.807) is 0 Å². The molecule has 1 heterocycles. The van der Waals surface area contributed by atoms with Crippen LogP contribution in [0.2, 0.25) is 0 Å². The molecule has 1 fully saturated rings. The van der Waals surface area contributed by atoms with E-state index in [0.717, 1.165) is 19.5 Å².